The Bertz CT molecular complexity index is 256. The van der Waals surface area contributed by atoms with Crippen molar-refractivity contribution in [1.82, 2.24) is 0 Å². The first kappa shape index (κ1) is 12.0. The van der Waals surface area contributed by atoms with Gasteiger partial charge in [-0.2, -0.15) is 0 Å². The van der Waals surface area contributed by atoms with Crippen LogP contribution in [0.1, 0.15) is 18.4 Å². The van der Waals surface area contributed by atoms with E-state index in [1.54, 1.807) is 0 Å². The number of benzene rings is 1. The summed E-state index contributed by atoms with van der Waals surface area (Å²) in [5, 5.41) is 0. The lowest BCUT2D eigenvalue weighted by Crippen LogP contribution is -2.01. The van der Waals surface area contributed by atoms with Gasteiger partial charge in [-0.05, 0) is 18.4 Å². The van der Waals surface area contributed by atoms with E-state index >= 15 is 0 Å². The van der Waals surface area contributed by atoms with E-state index in [0.717, 1.165) is 19.4 Å². The van der Waals surface area contributed by atoms with Crippen LogP contribution in [0.5, 0.6) is 0 Å². The maximum absolute atomic E-state index is 5.35. The van der Waals surface area contributed by atoms with Crippen LogP contribution in [-0.4, -0.2) is 13.4 Å². The van der Waals surface area contributed by atoms with Gasteiger partial charge in [-0.15, -0.1) is 6.58 Å². The number of unbranched alkanes of at least 4 members (excludes halogenated alkanes) is 1. The zero-order valence-corrected chi connectivity index (χ0v) is 9.02. The zero-order valence-electron chi connectivity index (χ0n) is 9.02. The van der Waals surface area contributed by atoms with Gasteiger partial charge >= 0.3 is 0 Å². The molecular weight excluding hydrogens is 188 g/mol. The molecule has 0 bridgehead atoms. The van der Waals surface area contributed by atoms with Gasteiger partial charge in [-0.25, -0.2) is 0 Å². The summed E-state index contributed by atoms with van der Waals surface area (Å²) in [7, 11) is 0. The Morgan fingerprint density at radius 3 is 2.67 bits per heavy atom. The van der Waals surface area contributed by atoms with E-state index in [-0.39, 0.29) is 0 Å². The lowest BCUT2D eigenvalue weighted by atomic mass is 10.2. The molecule has 2 nitrogen and oxygen atoms in total. The molecule has 2 heteroatoms. The third kappa shape index (κ3) is 6.05. The predicted octanol–water partition coefficient (Wildman–Crippen LogP) is 3.14. The van der Waals surface area contributed by atoms with Gasteiger partial charge in [0.1, 0.15) is 6.79 Å². The highest BCUT2D eigenvalue weighted by atomic mass is 16.7. The molecule has 0 amide bonds. The van der Waals surface area contributed by atoms with Crippen molar-refractivity contribution >= 4 is 0 Å². The van der Waals surface area contributed by atoms with E-state index in [9.17, 15) is 0 Å². The van der Waals surface area contributed by atoms with E-state index in [1.165, 1.54) is 5.56 Å². The first-order chi connectivity index (χ1) is 7.43. The zero-order chi connectivity index (χ0) is 10.8. The molecule has 0 saturated heterocycles. The number of allylic oxidation sites excluding steroid dienone is 1. The second-order valence-corrected chi connectivity index (χ2v) is 3.29. The molecule has 0 aliphatic rings. The third-order valence-corrected chi connectivity index (χ3v) is 1.98. The third-order valence-electron chi connectivity index (χ3n) is 1.98. The molecule has 1 rings (SSSR count). The molecule has 0 spiro atoms. The van der Waals surface area contributed by atoms with Crippen LogP contribution in [0, 0.1) is 0 Å². The molecule has 82 valence electrons. The molecule has 0 radical (unpaired) electrons. The number of hydrogen-bond donors (Lipinski definition) is 0. The Labute approximate surface area is 91.5 Å². The summed E-state index contributed by atoms with van der Waals surface area (Å²) in [6, 6.07) is 10.1. The SMILES string of the molecule is C=CCCCOCOCc1ccccc1. The van der Waals surface area contributed by atoms with Crippen molar-refractivity contribution in [1.29, 1.82) is 0 Å². The molecule has 0 saturated carbocycles. The minimum absolute atomic E-state index is 0.367. The Morgan fingerprint density at radius 2 is 1.93 bits per heavy atom. The van der Waals surface area contributed by atoms with Crippen LogP contribution in [0.3, 0.4) is 0 Å². The first-order valence-corrected chi connectivity index (χ1v) is 5.24. The summed E-state index contributed by atoms with van der Waals surface area (Å²) >= 11 is 0. The molecular formula is C13H18O2. The van der Waals surface area contributed by atoms with Crippen LogP contribution < -0.4 is 0 Å². The smallest absolute Gasteiger partial charge is 0.147 e. The van der Waals surface area contributed by atoms with Crippen LogP contribution >= 0.6 is 0 Å². The van der Waals surface area contributed by atoms with E-state index in [1.807, 2.05) is 36.4 Å². The van der Waals surface area contributed by atoms with Crippen molar-refractivity contribution in [3.05, 3.63) is 48.6 Å². The molecule has 0 aromatic heterocycles. The lowest BCUT2D eigenvalue weighted by molar-refractivity contribution is -0.0618. The molecule has 15 heavy (non-hydrogen) atoms. The van der Waals surface area contributed by atoms with E-state index in [2.05, 4.69) is 6.58 Å². The van der Waals surface area contributed by atoms with Gasteiger partial charge in [0.2, 0.25) is 0 Å². The highest BCUT2D eigenvalue weighted by Crippen LogP contribution is 2.00. The highest BCUT2D eigenvalue weighted by molar-refractivity contribution is 5.13. The van der Waals surface area contributed by atoms with Crippen LogP contribution in [0.25, 0.3) is 0 Å². The van der Waals surface area contributed by atoms with Crippen molar-refractivity contribution in [2.45, 2.75) is 19.4 Å². The molecule has 1 aromatic carbocycles. The largest absolute Gasteiger partial charge is 0.355 e. The lowest BCUT2D eigenvalue weighted by Gasteiger charge is -2.05. The minimum Gasteiger partial charge on any atom is -0.355 e. The van der Waals surface area contributed by atoms with Crippen molar-refractivity contribution < 1.29 is 9.47 Å². The summed E-state index contributed by atoms with van der Waals surface area (Å²) in [6.45, 7) is 5.36. The Balaban J connectivity index is 1.95. The van der Waals surface area contributed by atoms with E-state index in [0.29, 0.717) is 13.4 Å². The molecule has 0 aliphatic heterocycles. The van der Waals surface area contributed by atoms with Crippen molar-refractivity contribution in [3.8, 4) is 0 Å². The number of rotatable bonds is 8. The summed E-state index contributed by atoms with van der Waals surface area (Å²) in [5.74, 6) is 0. The summed E-state index contributed by atoms with van der Waals surface area (Å²) in [6.07, 6.45) is 3.91. The summed E-state index contributed by atoms with van der Waals surface area (Å²) in [5.41, 5.74) is 1.17. The van der Waals surface area contributed by atoms with E-state index < -0.39 is 0 Å². The molecule has 1 aromatic rings. The Morgan fingerprint density at radius 1 is 1.13 bits per heavy atom. The van der Waals surface area contributed by atoms with Gasteiger partial charge < -0.3 is 9.47 Å². The predicted molar refractivity (Wildman–Crippen MR) is 61.5 cm³/mol. The van der Waals surface area contributed by atoms with Gasteiger partial charge in [0, 0.05) is 6.61 Å². The van der Waals surface area contributed by atoms with Crippen molar-refractivity contribution in [2.24, 2.45) is 0 Å². The fraction of sp³-hybridized carbons (Fsp3) is 0.385. The minimum atomic E-state index is 0.367. The molecule has 0 atom stereocenters. The molecule has 0 N–H and O–H groups in total. The van der Waals surface area contributed by atoms with Crippen molar-refractivity contribution in [3.63, 3.8) is 0 Å². The standard InChI is InChI=1S/C13H18O2/c1-2-3-7-10-14-12-15-11-13-8-5-4-6-9-13/h2,4-6,8-9H,1,3,7,10-12H2. The van der Waals surface area contributed by atoms with Gasteiger partial charge in [-0.1, -0.05) is 36.4 Å². The normalized spacial score (nSPS) is 10.1. The van der Waals surface area contributed by atoms with Crippen molar-refractivity contribution in [2.75, 3.05) is 13.4 Å². The molecule has 0 aliphatic carbocycles. The van der Waals surface area contributed by atoms with Crippen LogP contribution in [0.2, 0.25) is 0 Å². The Kier molecular flexibility index (Phi) is 6.54. The van der Waals surface area contributed by atoms with Gasteiger partial charge in [0.25, 0.3) is 0 Å². The number of ether oxygens (including phenoxy) is 2. The Hall–Kier alpha value is -1.12. The van der Waals surface area contributed by atoms with Gasteiger partial charge in [0.15, 0.2) is 0 Å². The monoisotopic (exact) mass is 206 g/mol. The number of hydrogen-bond acceptors (Lipinski definition) is 2. The molecule has 0 heterocycles. The van der Waals surface area contributed by atoms with Crippen LogP contribution in [0.4, 0.5) is 0 Å². The average Bonchev–Trinajstić information content (AvgIpc) is 2.29. The maximum Gasteiger partial charge on any atom is 0.147 e. The summed E-state index contributed by atoms with van der Waals surface area (Å²) < 4.78 is 10.6. The fourth-order valence-corrected chi connectivity index (χ4v) is 1.18. The van der Waals surface area contributed by atoms with Gasteiger partial charge in [0.05, 0.1) is 6.61 Å². The topological polar surface area (TPSA) is 18.5 Å². The van der Waals surface area contributed by atoms with E-state index in [4.69, 9.17) is 9.47 Å². The molecule has 0 fully saturated rings. The van der Waals surface area contributed by atoms with Crippen LogP contribution in [-0.2, 0) is 16.1 Å². The summed E-state index contributed by atoms with van der Waals surface area (Å²) in [4.78, 5) is 0. The first-order valence-electron chi connectivity index (χ1n) is 5.24. The quantitative estimate of drug-likeness (QED) is 0.369. The van der Waals surface area contributed by atoms with Gasteiger partial charge in [-0.3, -0.25) is 0 Å². The highest BCUT2D eigenvalue weighted by Gasteiger charge is 1.91. The van der Waals surface area contributed by atoms with Crippen LogP contribution in [0.15, 0.2) is 43.0 Å². The molecule has 0 unspecified atom stereocenters. The second-order valence-electron chi connectivity index (χ2n) is 3.29. The fourth-order valence-electron chi connectivity index (χ4n) is 1.18. The maximum atomic E-state index is 5.35. The second kappa shape index (κ2) is 8.21. The average molecular weight is 206 g/mol.